The molecule has 2 amide bonds. The average Bonchev–Trinajstić information content (AvgIpc) is 2.35. The van der Waals surface area contributed by atoms with E-state index in [2.05, 4.69) is 5.32 Å². The van der Waals surface area contributed by atoms with Crippen molar-refractivity contribution in [2.45, 2.75) is 64.9 Å². The summed E-state index contributed by atoms with van der Waals surface area (Å²) in [6, 6.07) is 0. The molecule has 116 valence electrons. The SMILES string of the molecule is CC(C)(C)OC(=O)NCC1(CC(=O)NO)CCCCC1. The number of hydrogen-bond acceptors (Lipinski definition) is 4. The second kappa shape index (κ2) is 6.92. The molecule has 1 saturated carbocycles. The van der Waals surface area contributed by atoms with E-state index in [1.54, 1.807) is 5.48 Å². The van der Waals surface area contributed by atoms with Crippen molar-refractivity contribution in [1.29, 1.82) is 0 Å². The van der Waals surface area contributed by atoms with Crippen molar-refractivity contribution in [3.8, 4) is 0 Å². The van der Waals surface area contributed by atoms with Gasteiger partial charge < -0.3 is 10.1 Å². The van der Waals surface area contributed by atoms with Crippen molar-refractivity contribution in [3.63, 3.8) is 0 Å². The zero-order chi connectivity index (χ0) is 15.2. The number of nitrogens with one attached hydrogen (secondary N) is 2. The summed E-state index contributed by atoms with van der Waals surface area (Å²) in [6.07, 6.45) is 4.72. The molecule has 3 N–H and O–H groups in total. The highest BCUT2D eigenvalue weighted by atomic mass is 16.6. The van der Waals surface area contributed by atoms with Crippen molar-refractivity contribution in [2.75, 3.05) is 6.54 Å². The van der Waals surface area contributed by atoms with Crippen molar-refractivity contribution in [2.24, 2.45) is 5.41 Å². The van der Waals surface area contributed by atoms with Crippen LogP contribution in [0.3, 0.4) is 0 Å². The van der Waals surface area contributed by atoms with Crippen LogP contribution in [0.4, 0.5) is 4.79 Å². The number of carbonyl (C=O) groups is 2. The number of hydrogen-bond donors (Lipinski definition) is 3. The van der Waals surface area contributed by atoms with Gasteiger partial charge in [-0.3, -0.25) is 10.0 Å². The summed E-state index contributed by atoms with van der Waals surface area (Å²) in [7, 11) is 0. The summed E-state index contributed by atoms with van der Waals surface area (Å²) in [5, 5.41) is 11.5. The van der Waals surface area contributed by atoms with Gasteiger partial charge in [0.25, 0.3) is 0 Å². The van der Waals surface area contributed by atoms with E-state index in [1.165, 1.54) is 0 Å². The summed E-state index contributed by atoms with van der Waals surface area (Å²) in [6.45, 7) is 5.82. The molecule has 6 nitrogen and oxygen atoms in total. The Bertz CT molecular complexity index is 344. The first-order valence-corrected chi connectivity index (χ1v) is 7.16. The zero-order valence-electron chi connectivity index (χ0n) is 12.6. The Hall–Kier alpha value is -1.30. The van der Waals surface area contributed by atoms with Crippen LogP contribution in [-0.2, 0) is 9.53 Å². The lowest BCUT2D eigenvalue weighted by atomic mass is 9.71. The molecule has 0 aliphatic heterocycles. The van der Waals surface area contributed by atoms with Crippen molar-refractivity contribution in [1.82, 2.24) is 10.8 Å². The van der Waals surface area contributed by atoms with E-state index >= 15 is 0 Å². The summed E-state index contributed by atoms with van der Waals surface area (Å²) in [5.74, 6) is -0.405. The average molecular weight is 286 g/mol. The van der Waals surface area contributed by atoms with Gasteiger partial charge in [0.1, 0.15) is 5.60 Å². The maximum absolute atomic E-state index is 11.7. The molecule has 0 atom stereocenters. The van der Waals surface area contributed by atoms with Crippen LogP contribution in [0.2, 0.25) is 0 Å². The molecule has 6 heteroatoms. The smallest absolute Gasteiger partial charge is 0.407 e. The normalized spacial score (nSPS) is 18.2. The first kappa shape index (κ1) is 16.8. The number of alkyl carbamates (subject to hydrolysis) is 1. The third kappa shape index (κ3) is 5.77. The molecule has 0 aromatic carbocycles. The van der Waals surface area contributed by atoms with Crippen molar-refractivity contribution < 1.29 is 19.5 Å². The lowest BCUT2D eigenvalue weighted by Gasteiger charge is -2.36. The van der Waals surface area contributed by atoms with Crippen molar-refractivity contribution >= 4 is 12.0 Å². The molecule has 1 rings (SSSR count). The van der Waals surface area contributed by atoms with Gasteiger partial charge in [-0.25, -0.2) is 10.3 Å². The molecule has 0 radical (unpaired) electrons. The van der Waals surface area contributed by atoms with Crippen LogP contribution >= 0.6 is 0 Å². The molecule has 1 aliphatic rings. The van der Waals surface area contributed by atoms with Crippen LogP contribution in [0, 0.1) is 5.41 Å². The molecule has 0 aromatic rings. The summed E-state index contributed by atoms with van der Waals surface area (Å²) in [4.78, 5) is 23.2. The maximum atomic E-state index is 11.7. The first-order valence-electron chi connectivity index (χ1n) is 7.16. The van der Waals surface area contributed by atoms with Gasteiger partial charge in [-0.05, 0) is 39.0 Å². The third-order valence-electron chi connectivity index (χ3n) is 3.58. The largest absolute Gasteiger partial charge is 0.444 e. The van der Waals surface area contributed by atoms with E-state index in [4.69, 9.17) is 9.94 Å². The van der Waals surface area contributed by atoms with Crippen LogP contribution in [0.1, 0.15) is 59.3 Å². The van der Waals surface area contributed by atoms with Gasteiger partial charge in [-0.1, -0.05) is 19.3 Å². The maximum Gasteiger partial charge on any atom is 0.407 e. The molecular formula is C14H26N2O4. The van der Waals surface area contributed by atoms with E-state index < -0.39 is 17.6 Å². The Labute approximate surface area is 120 Å². The Morgan fingerprint density at radius 2 is 1.80 bits per heavy atom. The van der Waals surface area contributed by atoms with Crippen LogP contribution in [-0.4, -0.2) is 29.4 Å². The number of rotatable bonds is 4. The molecule has 0 spiro atoms. The van der Waals surface area contributed by atoms with E-state index in [9.17, 15) is 9.59 Å². The summed E-state index contributed by atoms with van der Waals surface area (Å²) < 4.78 is 5.21. The Morgan fingerprint density at radius 3 is 2.30 bits per heavy atom. The lowest BCUT2D eigenvalue weighted by molar-refractivity contribution is -0.132. The predicted molar refractivity (Wildman–Crippen MR) is 74.3 cm³/mol. The minimum atomic E-state index is -0.535. The van der Waals surface area contributed by atoms with Crippen LogP contribution < -0.4 is 10.8 Å². The van der Waals surface area contributed by atoms with E-state index in [-0.39, 0.29) is 11.8 Å². The fourth-order valence-electron chi connectivity index (χ4n) is 2.67. The molecule has 0 unspecified atom stereocenters. The standard InChI is InChI=1S/C14H26N2O4/c1-13(2,3)20-12(18)15-10-14(9-11(17)16-19)7-5-4-6-8-14/h19H,4-10H2,1-3H3,(H,15,18)(H,16,17). The quantitative estimate of drug-likeness (QED) is 0.547. The fraction of sp³-hybridized carbons (Fsp3) is 0.857. The highest BCUT2D eigenvalue weighted by molar-refractivity contribution is 5.75. The van der Waals surface area contributed by atoms with Gasteiger partial charge >= 0.3 is 6.09 Å². The van der Waals surface area contributed by atoms with Gasteiger partial charge in [0, 0.05) is 13.0 Å². The van der Waals surface area contributed by atoms with Gasteiger partial charge in [0.15, 0.2) is 0 Å². The molecule has 1 aliphatic carbocycles. The Morgan fingerprint density at radius 1 is 1.20 bits per heavy atom. The summed E-state index contributed by atoms with van der Waals surface area (Å²) in [5.41, 5.74) is 0.869. The monoisotopic (exact) mass is 286 g/mol. The Balaban J connectivity index is 2.57. The highest BCUT2D eigenvalue weighted by Gasteiger charge is 2.35. The topological polar surface area (TPSA) is 87.7 Å². The predicted octanol–water partition coefficient (Wildman–Crippen LogP) is 2.36. The fourth-order valence-corrected chi connectivity index (χ4v) is 2.67. The molecule has 0 bridgehead atoms. The molecule has 0 aromatic heterocycles. The molecule has 0 saturated heterocycles. The minimum Gasteiger partial charge on any atom is -0.444 e. The number of hydroxylamine groups is 1. The highest BCUT2D eigenvalue weighted by Crippen LogP contribution is 2.38. The van der Waals surface area contributed by atoms with E-state index in [0.717, 1.165) is 32.1 Å². The number of carbonyl (C=O) groups excluding carboxylic acids is 2. The van der Waals surface area contributed by atoms with Gasteiger partial charge in [0.05, 0.1) is 0 Å². The number of ether oxygens (including phenoxy) is 1. The van der Waals surface area contributed by atoms with Gasteiger partial charge in [0.2, 0.25) is 5.91 Å². The van der Waals surface area contributed by atoms with Crippen LogP contribution in [0.15, 0.2) is 0 Å². The Kier molecular flexibility index (Phi) is 5.80. The second-order valence-electron chi connectivity index (χ2n) is 6.63. The van der Waals surface area contributed by atoms with Crippen LogP contribution in [0.5, 0.6) is 0 Å². The molecular weight excluding hydrogens is 260 g/mol. The van der Waals surface area contributed by atoms with Crippen molar-refractivity contribution in [3.05, 3.63) is 0 Å². The molecule has 20 heavy (non-hydrogen) atoms. The van der Waals surface area contributed by atoms with Gasteiger partial charge in [-0.15, -0.1) is 0 Å². The van der Waals surface area contributed by atoms with E-state index in [1.807, 2.05) is 20.8 Å². The van der Waals surface area contributed by atoms with Gasteiger partial charge in [-0.2, -0.15) is 0 Å². The summed E-state index contributed by atoms with van der Waals surface area (Å²) >= 11 is 0. The molecule has 0 heterocycles. The third-order valence-corrected chi connectivity index (χ3v) is 3.58. The second-order valence-corrected chi connectivity index (χ2v) is 6.63. The van der Waals surface area contributed by atoms with E-state index in [0.29, 0.717) is 6.54 Å². The lowest BCUT2D eigenvalue weighted by Crippen LogP contribution is -2.43. The first-order chi connectivity index (χ1) is 9.26. The van der Waals surface area contributed by atoms with Crippen LogP contribution in [0.25, 0.3) is 0 Å². The minimum absolute atomic E-state index is 0.222. The zero-order valence-corrected chi connectivity index (χ0v) is 12.6. The number of amides is 2. The molecule has 1 fully saturated rings.